The van der Waals surface area contributed by atoms with Gasteiger partial charge in [0.05, 0.1) is 0 Å². The van der Waals surface area contributed by atoms with Crippen LogP contribution in [0, 0.1) is 0 Å². The van der Waals surface area contributed by atoms with Crippen molar-refractivity contribution < 1.29 is 9.32 Å². The Morgan fingerprint density at radius 3 is 2.39 bits per heavy atom. The first kappa shape index (κ1) is 18.8. The van der Waals surface area contributed by atoms with Crippen LogP contribution in [0.3, 0.4) is 0 Å². The van der Waals surface area contributed by atoms with Gasteiger partial charge >= 0.3 is 0 Å². The summed E-state index contributed by atoms with van der Waals surface area (Å²) in [6.45, 7) is 0.487. The molecular weight excluding hydrogens is 386 g/mol. The maximum Gasteiger partial charge on any atom is 0.258 e. The van der Waals surface area contributed by atoms with E-state index in [1.165, 1.54) is 0 Å². The number of carbonyl (C=O) groups excluding carboxylic acids is 1. The first-order chi connectivity index (χ1) is 15.3. The highest BCUT2D eigenvalue weighted by Crippen LogP contribution is 2.29. The van der Waals surface area contributed by atoms with Crippen LogP contribution in [0.15, 0.2) is 102 Å². The second-order valence-corrected chi connectivity index (χ2v) is 7.20. The van der Waals surface area contributed by atoms with Crippen molar-refractivity contribution in [3.05, 3.63) is 108 Å². The Morgan fingerprint density at radius 1 is 0.806 bits per heavy atom. The van der Waals surface area contributed by atoms with E-state index in [-0.39, 0.29) is 5.91 Å². The van der Waals surface area contributed by atoms with Crippen LogP contribution in [0.5, 0.6) is 0 Å². The quantitative estimate of drug-likeness (QED) is 0.420. The predicted octanol–water partition coefficient (Wildman–Crippen LogP) is 5.49. The number of hydrogen-bond acceptors (Lipinski definition) is 4. The molecule has 0 unspecified atom stereocenters. The van der Waals surface area contributed by atoms with Gasteiger partial charge in [0.15, 0.2) is 0 Å². The molecule has 0 saturated carbocycles. The normalized spacial score (nSPS) is 10.8. The molecule has 1 aromatic heterocycles. The predicted molar refractivity (Wildman–Crippen MR) is 120 cm³/mol. The van der Waals surface area contributed by atoms with Crippen LogP contribution in [0.25, 0.3) is 33.6 Å². The summed E-state index contributed by atoms with van der Waals surface area (Å²) in [4.78, 5) is 17.0. The van der Waals surface area contributed by atoms with Gasteiger partial charge in [-0.2, -0.15) is 4.98 Å². The van der Waals surface area contributed by atoms with Crippen molar-refractivity contribution in [2.75, 3.05) is 0 Å². The van der Waals surface area contributed by atoms with Crippen LogP contribution in [0.2, 0.25) is 0 Å². The maximum atomic E-state index is 12.4. The highest BCUT2D eigenvalue weighted by Gasteiger charge is 2.14. The molecule has 1 heterocycles. The van der Waals surface area contributed by atoms with E-state index >= 15 is 0 Å². The highest BCUT2D eigenvalue weighted by molar-refractivity contribution is 5.95. The average Bonchev–Trinajstić information content (AvgIpc) is 3.33. The Morgan fingerprint density at radius 2 is 1.55 bits per heavy atom. The summed E-state index contributed by atoms with van der Waals surface area (Å²) in [6.07, 6.45) is 0. The fourth-order valence-corrected chi connectivity index (χ4v) is 3.51. The van der Waals surface area contributed by atoms with Gasteiger partial charge in [0.25, 0.3) is 11.8 Å². The van der Waals surface area contributed by atoms with Crippen LogP contribution in [-0.4, -0.2) is 16.0 Å². The molecule has 0 fully saturated rings. The van der Waals surface area contributed by atoms with E-state index in [0.717, 1.165) is 27.5 Å². The average molecular weight is 405 g/mol. The molecule has 0 atom stereocenters. The number of rotatable bonds is 5. The van der Waals surface area contributed by atoms with E-state index in [4.69, 9.17) is 4.52 Å². The van der Waals surface area contributed by atoms with Crippen molar-refractivity contribution in [1.82, 2.24) is 15.5 Å². The lowest BCUT2D eigenvalue weighted by atomic mass is 10.0. The van der Waals surface area contributed by atoms with Crippen LogP contribution in [0.1, 0.15) is 15.9 Å². The van der Waals surface area contributed by atoms with E-state index in [2.05, 4.69) is 27.6 Å². The smallest absolute Gasteiger partial charge is 0.258 e. The molecule has 5 rings (SSSR count). The topological polar surface area (TPSA) is 68.0 Å². The Balaban J connectivity index is 1.34. The van der Waals surface area contributed by atoms with Gasteiger partial charge < -0.3 is 9.84 Å². The van der Waals surface area contributed by atoms with Crippen LogP contribution in [0.4, 0.5) is 0 Å². The van der Waals surface area contributed by atoms with Gasteiger partial charge in [-0.15, -0.1) is 0 Å². The van der Waals surface area contributed by atoms with E-state index < -0.39 is 0 Å². The summed E-state index contributed by atoms with van der Waals surface area (Å²) in [7, 11) is 0. The largest absolute Gasteiger partial charge is 0.348 e. The summed E-state index contributed by atoms with van der Waals surface area (Å²) in [5.74, 6) is 0.829. The van der Waals surface area contributed by atoms with E-state index in [9.17, 15) is 4.79 Å². The number of fused-ring (bicyclic) bond motifs is 1. The van der Waals surface area contributed by atoms with E-state index in [0.29, 0.717) is 23.8 Å². The third kappa shape index (κ3) is 3.94. The zero-order valence-corrected chi connectivity index (χ0v) is 16.7. The van der Waals surface area contributed by atoms with Gasteiger partial charge in [0, 0.05) is 23.2 Å². The SMILES string of the molecule is O=C(NCc1ccccc1)c1ccc(-c2noc(-c3cccc4ccccc34)n2)cc1. The van der Waals surface area contributed by atoms with Crippen LogP contribution in [-0.2, 0) is 6.54 Å². The molecule has 0 saturated heterocycles. The summed E-state index contributed by atoms with van der Waals surface area (Å²) in [6, 6.07) is 31.1. The number of amides is 1. The van der Waals surface area contributed by atoms with Crippen molar-refractivity contribution in [2.24, 2.45) is 0 Å². The maximum absolute atomic E-state index is 12.4. The number of benzene rings is 4. The lowest BCUT2D eigenvalue weighted by Crippen LogP contribution is -2.22. The molecule has 31 heavy (non-hydrogen) atoms. The molecule has 4 aromatic carbocycles. The summed E-state index contributed by atoms with van der Waals surface area (Å²) < 4.78 is 5.54. The molecule has 5 aromatic rings. The zero-order chi connectivity index (χ0) is 21.0. The number of nitrogens with zero attached hydrogens (tertiary/aromatic N) is 2. The molecule has 0 aliphatic rings. The third-order valence-corrected chi connectivity index (χ3v) is 5.15. The van der Waals surface area contributed by atoms with Gasteiger partial charge in [-0.3, -0.25) is 4.79 Å². The minimum Gasteiger partial charge on any atom is -0.348 e. The Bertz CT molecular complexity index is 1340. The fraction of sp³-hybridized carbons (Fsp3) is 0.0385. The second-order valence-electron chi connectivity index (χ2n) is 7.20. The van der Waals surface area contributed by atoms with Crippen molar-refractivity contribution >= 4 is 16.7 Å². The van der Waals surface area contributed by atoms with Crippen LogP contribution < -0.4 is 5.32 Å². The molecular formula is C26H19N3O2. The minimum atomic E-state index is -0.125. The molecule has 1 N–H and O–H groups in total. The lowest BCUT2D eigenvalue weighted by molar-refractivity contribution is 0.0951. The molecule has 0 aliphatic carbocycles. The summed E-state index contributed by atoms with van der Waals surface area (Å²) in [5, 5.41) is 9.24. The standard InChI is InChI=1S/C26H19N3O2/c30-25(27-17-18-7-2-1-3-8-18)21-15-13-20(14-16-21)24-28-26(31-29-24)23-12-6-10-19-9-4-5-11-22(19)23/h1-16H,17H2,(H,27,30). The third-order valence-electron chi connectivity index (χ3n) is 5.15. The highest BCUT2D eigenvalue weighted by atomic mass is 16.5. The molecule has 0 spiro atoms. The summed E-state index contributed by atoms with van der Waals surface area (Å²) in [5.41, 5.74) is 3.32. The monoisotopic (exact) mass is 405 g/mol. The Kier molecular flexibility index (Phi) is 4.99. The second kappa shape index (κ2) is 8.24. The van der Waals surface area contributed by atoms with E-state index in [1.807, 2.05) is 72.8 Å². The molecule has 150 valence electrons. The van der Waals surface area contributed by atoms with Crippen LogP contribution >= 0.6 is 0 Å². The Hall–Kier alpha value is -4.25. The molecule has 0 aliphatic heterocycles. The Labute approximate surface area is 179 Å². The van der Waals surface area contributed by atoms with Gasteiger partial charge in [0.1, 0.15) is 0 Å². The number of hydrogen-bond donors (Lipinski definition) is 1. The van der Waals surface area contributed by atoms with Crippen molar-refractivity contribution in [3.63, 3.8) is 0 Å². The van der Waals surface area contributed by atoms with Crippen molar-refractivity contribution in [3.8, 4) is 22.8 Å². The van der Waals surface area contributed by atoms with Gasteiger partial charge in [-0.25, -0.2) is 0 Å². The first-order valence-corrected chi connectivity index (χ1v) is 10.0. The van der Waals surface area contributed by atoms with E-state index in [1.54, 1.807) is 12.1 Å². The van der Waals surface area contributed by atoms with Gasteiger partial charge in [-0.1, -0.05) is 84.0 Å². The first-order valence-electron chi connectivity index (χ1n) is 10.0. The molecule has 5 nitrogen and oxygen atoms in total. The fourth-order valence-electron chi connectivity index (χ4n) is 3.51. The zero-order valence-electron chi connectivity index (χ0n) is 16.7. The number of aromatic nitrogens is 2. The van der Waals surface area contributed by atoms with Gasteiger partial charge in [-0.05, 0) is 34.5 Å². The molecule has 5 heteroatoms. The van der Waals surface area contributed by atoms with Gasteiger partial charge in [0.2, 0.25) is 5.82 Å². The van der Waals surface area contributed by atoms with Crippen molar-refractivity contribution in [1.29, 1.82) is 0 Å². The molecule has 0 bridgehead atoms. The summed E-state index contributed by atoms with van der Waals surface area (Å²) >= 11 is 0. The lowest BCUT2D eigenvalue weighted by Gasteiger charge is -2.05. The molecule has 0 radical (unpaired) electrons. The minimum absolute atomic E-state index is 0.125. The number of carbonyl (C=O) groups is 1. The molecule has 1 amide bonds. The number of nitrogens with one attached hydrogen (secondary N) is 1. The van der Waals surface area contributed by atoms with Crippen molar-refractivity contribution in [2.45, 2.75) is 6.54 Å².